The molecule has 0 radical (unpaired) electrons. The van der Waals surface area contributed by atoms with Crippen molar-refractivity contribution in [3.63, 3.8) is 0 Å². The predicted molar refractivity (Wildman–Crippen MR) is 64.1 cm³/mol. The highest BCUT2D eigenvalue weighted by atomic mass is 35.5. The number of aromatic nitrogens is 2. The minimum atomic E-state index is -4.68. The van der Waals surface area contributed by atoms with Gasteiger partial charge in [0.15, 0.2) is 0 Å². The number of alkyl halides is 4. The molecule has 0 unspecified atom stereocenters. The average molecular weight is 306 g/mol. The summed E-state index contributed by atoms with van der Waals surface area (Å²) >= 11 is 5.32. The Morgan fingerprint density at radius 1 is 1.30 bits per heavy atom. The van der Waals surface area contributed by atoms with Gasteiger partial charge in [0.1, 0.15) is 5.88 Å². The quantitative estimate of drug-likeness (QED) is 0.885. The monoisotopic (exact) mass is 305 g/mol. The summed E-state index contributed by atoms with van der Waals surface area (Å²) in [7, 11) is 0. The molecule has 0 saturated heterocycles. The van der Waals surface area contributed by atoms with Gasteiger partial charge in [0.05, 0.1) is 0 Å². The summed E-state index contributed by atoms with van der Waals surface area (Å²) < 4.78 is 41.0. The van der Waals surface area contributed by atoms with Crippen LogP contribution in [-0.4, -0.2) is 21.9 Å². The van der Waals surface area contributed by atoms with Crippen molar-refractivity contribution in [1.82, 2.24) is 10.1 Å². The van der Waals surface area contributed by atoms with E-state index in [-0.39, 0.29) is 11.7 Å². The van der Waals surface area contributed by atoms with E-state index in [9.17, 15) is 18.0 Å². The summed E-state index contributed by atoms with van der Waals surface area (Å²) in [6.07, 6.45) is -4.68. The summed E-state index contributed by atoms with van der Waals surface area (Å²) in [4.78, 5) is 14.3. The summed E-state index contributed by atoms with van der Waals surface area (Å²) in [5.74, 6) is -2.18. The van der Waals surface area contributed by atoms with E-state index in [1.165, 1.54) is 24.3 Å². The molecule has 0 spiro atoms. The molecule has 0 aliphatic rings. The zero-order valence-electron chi connectivity index (χ0n) is 9.74. The molecule has 2 aromatic rings. The number of hydrogen-bond donors (Lipinski definition) is 1. The normalized spacial score (nSPS) is 11.4. The molecule has 1 heterocycles. The molecule has 1 N–H and O–H groups in total. The van der Waals surface area contributed by atoms with Crippen LogP contribution in [0, 0.1) is 0 Å². The van der Waals surface area contributed by atoms with Crippen LogP contribution in [0.1, 0.15) is 5.89 Å². The molecule has 0 aliphatic carbocycles. The summed E-state index contributed by atoms with van der Waals surface area (Å²) in [6, 6.07) is 5.89. The van der Waals surface area contributed by atoms with E-state index < -0.39 is 18.0 Å². The van der Waals surface area contributed by atoms with Crippen molar-refractivity contribution in [2.24, 2.45) is 0 Å². The Morgan fingerprint density at radius 2 is 1.95 bits per heavy atom. The highest BCUT2D eigenvalue weighted by Crippen LogP contribution is 2.29. The van der Waals surface area contributed by atoms with Gasteiger partial charge in [-0.1, -0.05) is 5.16 Å². The smallest absolute Gasteiger partial charge is 0.329 e. The predicted octanol–water partition coefficient (Wildman–Crippen LogP) is 2.93. The summed E-state index contributed by atoms with van der Waals surface area (Å²) in [5, 5.41) is 5.73. The van der Waals surface area contributed by atoms with E-state index in [0.29, 0.717) is 11.3 Å². The molecule has 2 rings (SSSR count). The van der Waals surface area contributed by atoms with Crippen LogP contribution in [0.15, 0.2) is 28.8 Å². The lowest BCUT2D eigenvalue weighted by Crippen LogP contribution is -2.12. The van der Waals surface area contributed by atoms with Gasteiger partial charge >= 0.3 is 12.1 Å². The number of amides is 1. The molecular formula is C11H7ClF3N3O2. The molecule has 1 aromatic carbocycles. The number of benzene rings is 1. The molecule has 0 atom stereocenters. The van der Waals surface area contributed by atoms with Gasteiger partial charge in [-0.3, -0.25) is 4.79 Å². The minimum absolute atomic E-state index is 0.187. The molecule has 9 heteroatoms. The fourth-order valence-corrected chi connectivity index (χ4v) is 1.42. The van der Waals surface area contributed by atoms with Crippen molar-refractivity contribution < 1.29 is 22.5 Å². The van der Waals surface area contributed by atoms with Crippen molar-refractivity contribution >= 4 is 23.2 Å². The number of hydrogen-bond acceptors (Lipinski definition) is 4. The number of carbonyl (C=O) groups excluding carboxylic acids is 1. The number of nitrogens with zero attached hydrogens (tertiary/aromatic N) is 2. The van der Waals surface area contributed by atoms with Crippen LogP contribution in [0.4, 0.5) is 18.9 Å². The van der Waals surface area contributed by atoms with Gasteiger partial charge in [0, 0.05) is 11.3 Å². The van der Waals surface area contributed by atoms with Gasteiger partial charge in [0.25, 0.3) is 0 Å². The van der Waals surface area contributed by atoms with Crippen molar-refractivity contribution in [2.75, 3.05) is 11.2 Å². The van der Waals surface area contributed by atoms with Crippen LogP contribution in [0.2, 0.25) is 0 Å². The molecule has 0 fully saturated rings. The Labute approximate surface area is 115 Å². The molecule has 0 bridgehead atoms. The Hall–Kier alpha value is -2.09. The summed E-state index contributed by atoms with van der Waals surface area (Å²) in [6.45, 7) is 0. The second-order valence-electron chi connectivity index (χ2n) is 3.68. The fourth-order valence-electron chi connectivity index (χ4n) is 1.35. The zero-order chi connectivity index (χ0) is 14.8. The SMILES string of the molecule is O=C(CCl)Nc1ccc(-c2noc(C(F)(F)F)n2)cc1. The van der Waals surface area contributed by atoms with Crippen molar-refractivity contribution in [2.45, 2.75) is 6.18 Å². The first-order chi connectivity index (χ1) is 9.40. The highest BCUT2D eigenvalue weighted by molar-refractivity contribution is 6.29. The third kappa shape index (κ3) is 3.27. The Morgan fingerprint density at radius 3 is 2.45 bits per heavy atom. The van der Waals surface area contributed by atoms with Gasteiger partial charge in [-0.2, -0.15) is 18.2 Å². The van der Waals surface area contributed by atoms with Crippen molar-refractivity contribution in [3.8, 4) is 11.4 Å². The third-order valence-corrected chi connectivity index (χ3v) is 2.46. The van der Waals surface area contributed by atoms with Crippen molar-refractivity contribution in [3.05, 3.63) is 30.2 Å². The maximum atomic E-state index is 12.3. The number of halogens is 4. The van der Waals surface area contributed by atoms with Crippen molar-refractivity contribution in [1.29, 1.82) is 0 Å². The van der Waals surface area contributed by atoms with Crippen LogP contribution >= 0.6 is 11.6 Å². The fraction of sp³-hybridized carbons (Fsp3) is 0.182. The Balaban J connectivity index is 2.18. The van der Waals surface area contributed by atoms with Crippen LogP contribution < -0.4 is 5.32 Å². The standard InChI is InChI=1S/C11H7ClF3N3O2/c12-5-8(19)16-7-3-1-6(2-4-7)9-17-10(20-18-9)11(13,14)15/h1-4H,5H2,(H,16,19). The molecule has 0 aliphatic heterocycles. The number of rotatable bonds is 3. The highest BCUT2D eigenvalue weighted by Gasteiger charge is 2.38. The lowest BCUT2D eigenvalue weighted by molar-refractivity contribution is -0.159. The summed E-state index contributed by atoms with van der Waals surface area (Å²) in [5.41, 5.74) is 0.784. The Kier molecular flexibility index (Phi) is 3.93. The largest absolute Gasteiger partial charge is 0.471 e. The maximum absolute atomic E-state index is 12.3. The first-order valence-electron chi connectivity index (χ1n) is 5.27. The van der Waals surface area contributed by atoms with E-state index in [1.54, 1.807) is 0 Å². The molecule has 1 amide bonds. The van der Waals surface area contributed by atoms with Crippen LogP contribution in [0.5, 0.6) is 0 Å². The van der Waals surface area contributed by atoms with Gasteiger partial charge < -0.3 is 9.84 Å². The average Bonchev–Trinajstić information content (AvgIpc) is 2.89. The van der Waals surface area contributed by atoms with E-state index in [1.807, 2.05) is 0 Å². The lowest BCUT2D eigenvalue weighted by atomic mass is 10.2. The number of carbonyl (C=O) groups is 1. The topological polar surface area (TPSA) is 68.0 Å². The maximum Gasteiger partial charge on any atom is 0.471 e. The second kappa shape index (κ2) is 5.49. The van der Waals surface area contributed by atoms with Gasteiger partial charge in [-0.15, -0.1) is 11.6 Å². The molecule has 5 nitrogen and oxygen atoms in total. The number of nitrogens with one attached hydrogen (secondary N) is 1. The first-order valence-corrected chi connectivity index (χ1v) is 5.81. The first kappa shape index (κ1) is 14.3. The third-order valence-electron chi connectivity index (χ3n) is 2.22. The van der Waals surface area contributed by atoms with Gasteiger partial charge in [-0.05, 0) is 24.3 Å². The Bertz CT molecular complexity index is 610. The lowest BCUT2D eigenvalue weighted by Gasteiger charge is -2.02. The molecule has 106 valence electrons. The van der Waals surface area contributed by atoms with Crippen LogP contribution in [-0.2, 0) is 11.0 Å². The van der Waals surface area contributed by atoms with Gasteiger partial charge in [-0.25, -0.2) is 0 Å². The van der Waals surface area contributed by atoms with E-state index in [4.69, 9.17) is 11.6 Å². The van der Waals surface area contributed by atoms with E-state index >= 15 is 0 Å². The van der Waals surface area contributed by atoms with Crippen LogP contribution in [0.3, 0.4) is 0 Å². The van der Waals surface area contributed by atoms with E-state index in [0.717, 1.165) is 0 Å². The number of anilines is 1. The van der Waals surface area contributed by atoms with Crippen LogP contribution in [0.25, 0.3) is 11.4 Å². The van der Waals surface area contributed by atoms with E-state index in [2.05, 4.69) is 20.0 Å². The minimum Gasteiger partial charge on any atom is -0.329 e. The molecule has 20 heavy (non-hydrogen) atoms. The zero-order valence-corrected chi connectivity index (χ0v) is 10.5. The second-order valence-corrected chi connectivity index (χ2v) is 3.95. The molecule has 0 saturated carbocycles. The molecule has 1 aromatic heterocycles. The van der Waals surface area contributed by atoms with Gasteiger partial charge in [0.2, 0.25) is 11.7 Å². The molecular weight excluding hydrogens is 299 g/mol.